The lowest BCUT2D eigenvalue weighted by molar-refractivity contribution is -0.143. The minimum atomic E-state index is -0.165. The van der Waals surface area contributed by atoms with Crippen molar-refractivity contribution in [3.63, 3.8) is 0 Å². The third-order valence-corrected chi connectivity index (χ3v) is 4.35. The molecule has 0 spiro atoms. The summed E-state index contributed by atoms with van der Waals surface area (Å²) in [6.45, 7) is 4.36. The Morgan fingerprint density at radius 3 is 3.05 bits per heavy atom. The van der Waals surface area contributed by atoms with Crippen molar-refractivity contribution in [2.45, 2.75) is 32.7 Å². The summed E-state index contributed by atoms with van der Waals surface area (Å²) in [7, 11) is 0. The minimum absolute atomic E-state index is 0.165. The number of carbonyl (C=O) groups excluding carboxylic acids is 1. The minimum Gasteiger partial charge on any atom is -0.466 e. The van der Waals surface area contributed by atoms with E-state index in [1.165, 1.54) is 5.56 Å². The van der Waals surface area contributed by atoms with Crippen LogP contribution in [0.2, 0.25) is 0 Å². The van der Waals surface area contributed by atoms with Gasteiger partial charge in [0.15, 0.2) is 5.13 Å². The van der Waals surface area contributed by atoms with Gasteiger partial charge in [0.25, 0.3) is 0 Å². The molecule has 6 heteroatoms. The molecule has 2 aromatic heterocycles. The number of thiazole rings is 1. The van der Waals surface area contributed by atoms with Crippen molar-refractivity contribution in [1.82, 2.24) is 4.98 Å². The van der Waals surface area contributed by atoms with E-state index in [2.05, 4.69) is 34.1 Å². The third kappa shape index (κ3) is 4.31. The fourth-order valence-electron chi connectivity index (χ4n) is 1.74. The maximum absolute atomic E-state index is 11.3. The summed E-state index contributed by atoms with van der Waals surface area (Å²) < 4.78 is 4.91. The lowest BCUT2D eigenvalue weighted by Gasteiger charge is -2.10. The second-order valence-electron chi connectivity index (χ2n) is 4.37. The van der Waals surface area contributed by atoms with Crippen molar-refractivity contribution in [3.05, 3.63) is 33.5 Å². The second-order valence-corrected chi connectivity index (χ2v) is 6.01. The van der Waals surface area contributed by atoms with Gasteiger partial charge in [-0.3, -0.25) is 4.79 Å². The van der Waals surface area contributed by atoms with Gasteiger partial charge in [-0.1, -0.05) is 0 Å². The van der Waals surface area contributed by atoms with Crippen LogP contribution in [0.4, 0.5) is 5.13 Å². The van der Waals surface area contributed by atoms with Crippen molar-refractivity contribution in [2.24, 2.45) is 0 Å². The average Bonchev–Trinajstić information content (AvgIpc) is 3.08. The molecule has 0 aliphatic carbocycles. The van der Waals surface area contributed by atoms with E-state index in [9.17, 15) is 4.79 Å². The molecule has 0 saturated heterocycles. The molecular weight excluding hydrogens is 292 g/mol. The summed E-state index contributed by atoms with van der Waals surface area (Å²) in [6.07, 6.45) is 1.01. The van der Waals surface area contributed by atoms with Crippen molar-refractivity contribution in [1.29, 1.82) is 0 Å². The maximum atomic E-state index is 11.3. The second kappa shape index (κ2) is 7.40. The molecule has 1 unspecified atom stereocenters. The molecule has 108 valence electrons. The van der Waals surface area contributed by atoms with E-state index in [1.54, 1.807) is 22.7 Å². The number of hydrogen-bond acceptors (Lipinski definition) is 6. The number of esters is 1. The van der Waals surface area contributed by atoms with Crippen LogP contribution in [-0.4, -0.2) is 17.6 Å². The summed E-state index contributed by atoms with van der Waals surface area (Å²) in [5.74, 6) is -0.165. The highest BCUT2D eigenvalue weighted by atomic mass is 32.1. The molecule has 1 atom stereocenters. The van der Waals surface area contributed by atoms with Gasteiger partial charge in [0.1, 0.15) is 0 Å². The summed E-state index contributed by atoms with van der Waals surface area (Å²) in [5.41, 5.74) is 2.20. The maximum Gasteiger partial charge on any atom is 0.306 e. The Morgan fingerprint density at radius 2 is 2.35 bits per heavy atom. The van der Waals surface area contributed by atoms with E-state index >= 15 is 0 Å². The van der Waals surface area contributed by atoms with Gasteiger partial charge in [-0.2, -0.15) is 11.3 Å². The van der Waals surface area contributed by atoms with Gasteiger partial charge in [-0.25, -0.2) is 4.98 Å². The van der Waals surface area contributed by atoms with E-state index < -0.39 is 0 Å². The van der Waals surface area contributed by atoms with Crippen LogP contribution in [-0.2, 0) is 16.0 Å². The van der Waals surface area contributed by atoms with Crippen LogP contribution in [0.3, 0.4) is 0 Å². The molecule has 0 radical (unpaired) electrons. The number of aromatic nitrogens is 1. The van der Waals surface area contributed by atoms with Crippen molar-refractivity contribution in [3.8, 4) is 0 Å². The summed E-state index contributed by atoms with van der Waals surface area (Å²) in [6, 6.07) is 2.35. The van der Waals surface area contributed by atoms with E-state index in [0.717, 1.165) is 10.8 Å². The zero-order valence-corrected chi connectivity index (χ0v) is 13.2. The Labute approximate surface area is 126 Å². The van der Waals surface area contributed by atoms with Crippen LogP contribution in [0, 0.1) is 0 Å². The first-order valence-corrected chi connectivity index (χ1v) is 8.40. The van der Waals surface area contributed by atoms with Gasteiger partial charge in [0, 0.05) is 11.8 Å². The summed E-state index contributed by atoms with van der Waals surface area (Å²) in [5, 5.41) is 10.5. The van der Waals surface area contributed by atoms with E-state index in [4.69, 9.17) is 4.74 Å². The van der Waals surface area contributed by atoms with Crippen molar-refractivity contribution in [2.75, 3.05) is 11.9 Å². The Kier molecular flexibility index (Phi) is 5.55. The number of thiophene rings is 1. The third-order valence-electron chi connectivity index (χ3n) is 2.83. The lowest BCUT2D eigenvalue weighted by atomic mass is 10.2. The smallest absolute Gasteiger partial charge is 0.306 e. The average molecular weight is 310 g/mol. The number of aryl methyl sites for hydroxylation is 1. The van der Waals surface area contributed by atoms with Gasteiger partial charge in [-0.05, 0) is 36.2 Å². The van der Waals surface area contributed by atoms with Gasteiger partial charge >= 0.3 is 5.97 Å². The fraction of sp³-hybridized carbons (Fsp3) is 0.429. The van der Waals surface area contributed by atoms with Crippen molar-refractivity contribution >= 4 is 33.8 Å². The highest BCUT2D eigenvalue weighted by molar-refractivity contribution is 7.13. The zero-order chi connectivity index (χ0) is 14.4. The predicted octanol–water partition coefficient (Wildman–Crippen LogP) is 3.87. The molecule has 0 aromatic carbocycles. The Balaban J connectivity index is 1.84. The van der Waals surface area contributed by atoms with Crippen LogP contribution >= 0.6 is 22.7 Å². The number of anilines is 1. The number of rotatable bonds is 7. The lowest BCUT2D eigenvalue weighted by Crippen LogP contribution is -2.06. The number of nitrogens with zero attached hydrogens (tertiary/aromatic N) is 1. The first kappa shape index (κ1) is 15.0. The first-order valence-electron chi connectivity index (χ1n) is 6.57. The fourth-order valence-corrected chi connectivity index (χ4v) is 3.33. The van der Waals surface area contributed by atoms with Crippen LogP contribution in [0.25, 0.3) is 0 Å². The molecular formula is C14H18N2O2S2. The molecule has 4 nitrogen and oxygen atoms in total. The van der Waals surface area contributed by atoms with Crippen molar-refractivity contribution < 1.29 is 9.53 Å². The molecule has 2 heterocycles. The normalized spacial score (nSPS) is 12.1. The quantitative estimate of drug-likeness (QED) is 0.789. The molecule has 2 aromatic rings. The predicted molar refractivity (Wildman–Crippen MR) is 83.4 cm³/mol. The molecule has 0 aliphatic rings. The number of hydrogen-bond donors (Lipinski definition) is 1. The molecule has 0 fully saturated rings. The van der Waals surface area contributed by atoms with Crippen LogP contribution in [0.15, 0.2) is 22.2 Å². The van der Waals surface area contributed by atoms with Gasteiger partial charge < -0.3 is 10.1 Å². The summed E-state index contributed by atoms with van der Waals surface area (Å²) >= 11 is 3.26. The highest BCUT2D eigenvalue weighted by Gasteiger charge is 2.10. The Bertz CT molecular complexity index is 537. The topological polar surface area (TPSA) is 51.2 Å². The highest BCUT2D eigenvalue weighted by Crippen LogP contribution is 2.24. The molecule has 0 saturated carbocycles. The number of ether oxygens (including phenoxy) is 1. The largest absolute Gasteiger partial charge is 0.466 e. The Morgan fingerprint density at radius 1 is 1.50 bits per heavy atom. The van der Waals surface area contributed by atoms with E-state index in [-0.39, 0.29) is 12.0 Å². The standard InChI is InChI=1S/C14H18N2O2S2/c1-3-18-13(17)5-4-12-9-20-14(16-12)15-10(2)11-6-7-19-8-11/h6-10H,3-5H2,1-2H3,(H,15,16). The molecule has 0 amide bonds. The van der Waals surface area contributed by atoms with E-state index in [1.807, 2.05) is 12.3 Å². The number of nitrogens with one attached hydrogen (secondary N) is 1. The van der Waals surface area contributed by atoms with Gasteiger partial charge in [-0.15, -0.1) is 11.3 Å². The Hall–Kier alpha value is -1.40. The molecule has 1 N–H and O–H groups in total. The number of carbonyl (C=O) groups is 1. The zero-order valence-electron chi connectivity index (χ0n) is 11.6. The summed E-state index contributed by atoms with van der Waals surface area (Å²) in [4.78, 5) is 15.8. The molecule has 0 aliphatic heterocycles. The van der Waals surface area contributed by atoms with Gasteiger partial charge in [0.2, 0.25) is 0 Å². The molecule has 0 bridgehead atoms. The van der Waals surface area contributed by atoms with Crippen LogP contribution < -0.4 is 5.32 Å². The van der Waals surface area contributed by atoms with E-state index in [0.29, 0.717) is 19.4 Å². The van der Waals surface area contributed by atoms with Crippen LogP contribution in [0.1, 0.15) is 37.6 Å². The molecule has 20 heavy (non-hydrogen) atoms. The monoisotopic (exact) mass is 310 g/mol. The first-order chi connectivity index (χ1) is 9.69. The van der Waals surface area contributed by atoms with Crippen LogP contribution in [0.5, 0.6) is 0 Å². The molecule has 2 rings (SSSR count). The van der Waals surface area contributed by atoms with Gasteiger partial charge in [0.05, 0.1) is 24.8 Å². The SMILES string of the molecule is CCOC(=O)CCc1csc(NC(C)c2ccsc2)n1.